The van der Waals surface area contributed by atoms with Gasteiger partial charge < -0.3 is 20.6 Å². The third-order valence-electron chi connectivity index (χ3n) is 6.15. The molecule has 1 aromatic heterocycles. The van der Waals surface area contributed by atoms with E-state index in [2.05, 4.69) is 22.8 Å². The second-order valence-electron chi connectivity index (χ2n) is 8.35. The normalized spacial score (nSPS) is 17.2. The standard InChI is InChI=1S/C24H31N5O3/c30-23(31)21(18-6-2-1-3-7-18)28-14-16-29(17-15-28)24(32)26-13-5-9-20-11-10-19-8-4-12-25-22(19)27-20/h1-3,6-7,10-11,21H,4-5,8-9,12-17H2,(H,25,27)(H,26,32)(H,30,31). The minimum atomic E-state index is -0.861. The van der Waals surface area contributed by atoms with Crippen molar-refractivity contribution in [1.29, 1.82) is 0 Å². The first-order valence-electron chi connectivity index (χ1n) is 11.4. The summed E-state index contributed by atoms with van der Waals surface area (Å²) in [6, 6.07) is 12.7. The quantitative estimate of drug-likeness (QED) is 0.576. The molecule has 1 unspecified atom stereocenters. The van der Waals surface area contributed by atoms with Gasteiger partial charge in [0.15, 0.2) is 0 Å². The fourth-order valence-corrected chi connectivity index (χ4v) is 4.41. The summed E-state index contributed by atoms with van der Waals surface area (Å²) in [6.45, 7) is 3.66. The lowest BCUT2D eigenvalue weighted by Gasteiger charge is -2.37. The van der Waals surface area contributed by atoms with Crippen molar-refractivity contribution in [3.63, 3.8) is 0 Å². The summed E-state index contributed by atoms with van der Waals surface area (Å²) in [4.78, 5) is 32.8. The van der Waals surface area contributed by atoms with E-state index in [1.165, 1.54) is 5.56 Å². The summed E-state index contributed by atoms with van der Waals surface area (Å²) in [6.07, 6.45) is 3.88. The van der Waals surface area contributed by atoms with Crippen LogP contribution in [0.25, 0.3) is 0 Å². The molecule has 1 fully saturated rings. The molecular weight excluding hydrogens is 406 g/mol. The zero-order chi connectivity index (χ0) is 22.3. The summed E-state index contributed by atoms with van der Waals surface area (Å²) in [7, 11) is 0. The van der Waals surface area contributed by atoms with Crippen LogP contribution in [0.1, 0.15) is 35.7 Å². The van der Waals surface area contributed by atoms with Crippen LogP contribution in [0.2, 0.25) is 0 Å². The molecule has 0 radical (unpaired) electrons. The molecular formula is C24H31N5O3. The average molecular weight is 438 g/mol. The van der Waals surface area contributed by atoms with Gasteiger partial charge in [0, 0.05) is 45.0 Å². The summed E-state index contributed by atoms with van der Waals surface area (Å²) >= 11 is 0. The number of carbonyl (C=O) groups is 2. The lowest BCUT2D eigenvalue weighted by atomic mass is 10.0. The van der Waals surface area contributed by atoms with Gasteiger partial charge >= 0.3 is 12.0 Å². The maximum Gasteiger partial charge on any atom is 0.325 e. The van der Waals surface area contributed by atoms with Crippen molar-refractivity contribution < 1.29 is 14.7 Å². The third kappa shape index (κ3) is 5.37. The van der Waals surface area contributed by atoms with Crippen LogP contribution >= 0.6 is 0 Å². The highest BCUT2D eigenvalue weighted by Gasteiger charge is 2.31. The number of hydrogen-bond donors (Lipinski definition) is 3. The molecule has 1 saturated heterocycles. The summed E-state index contributed by atoms with van der Waals surface area (Å²) in [5.74, 6) is 0.144. The van der Waals surface area contributed by atoms with Crippen LogP contribution in [0.5, 0.6) is 0 Å². The second-order valence-corrected chi connectivity index (χ2v) is 8.35. The van der Waals surface area contributed by atoms with E-state index in [0.29, 0.717) is 32.7 Å². The highest BCUT2D eigenvalue weighted by Crippen LogP contribution is 2.23. The maximum absolute atomic E-state index is 12.5. The van der Waals surface area contributed by atoms with Crippen LogP contribution in [0.3, 0.4) is 0 Å². The van der Waals surface area contributed by atoms with Crippen LogP contribution in [0.15, 0.2) is 42.5 Å². The molecule has 4 rings (SSSR count). The van der Waals surface area contributed by atoms with Crippen LogP contribution < -0.4 is 10.6 Å². The number of anilines is 1. The highest BCUT2D eigenvalue weighted by molar-refractivity contribution is 5.76. The number of hydrogen-bond acceptors (Lipinski definition) is 5. The number of aryl methyl sites for hydroxylation is 2. The van der Waals surface area contributed by atoms with Crippen LogP contribution in [0.4, 0.5) is 10.6 Å². The van der Waals surface area contributed by atoms with E-state index in [1.54, 1.807) is 4.90 Å². The number of urea groups is 1. The maximum atomic E-state index is 12.5. The van der Waals surface area contributed by atoms with E-state index in [9.17, 15) is 14.7 Å². The Balaban J connectivity index is 1.20. The molecule has 2 amide bonds. The topological polar surface area (TPSA) is 97.8 Å². The third-order valence-corrected chi connectivity index (χ3v) is 6.15. The van der Waals surface area contributed by atoms with Crippen LogP contribution in [-0.2, 0) is 17.6 Å². The molecule has 8 heteroatoms. The molecule has 8 nitrogen and oxygen atoms in total. The summed E-state index contributed by atoms with van der Waals surface area (Å²) in [5, 5.41) is 16.1. The molecule has 32 heavy (non-hydrogen) atoms. The number of pyridine rings is 1. The van der Waals surface area contributed by atoms with Crippen LogP contribution in [0, 0.1) is 0 Å². The SMILES string of the molecule is O=C(O)C(c1ccccc1)N1CCN(C(=O)NCCCc2ccc3c(n2)NCCC3)CC1. The van der Waals surface area contributed by atoms with E-state index >= 15 is 0 Å². The lowest BCUT2D eigenvalue weighted by Crippen LogP contribution is -2.53. The minimum Gasteiger partial charge on any atom is -0.480 e. The Morgan fingerprint density at radius 1 is 1.09 bits per heavy atom. The number of piperazine rings is 1. The molecule has 3 heterocycles. The number of carboxylic acid groups (broad SMARTS) is 1. The predicted octanol–water partition coefficient (Wildman–Crippen LogP) is 2.53. The van der Waals surface area contributed by atoms with Gasteiger partial charge in [-0.2, -0.15) is 0 Å². The number of carbonyl (C=O) groups excluding carboxylic acids is 1. The Morgan fingerprint density at radius 2 is 1.88 bits per heavy atom. The Kier molecular flexibility index (Phi) is 7.21. The van der Waals surface area contributed by atoms with Crippen molar-refractivity contribution in [2.24, 2.45) is 0 Å². The van der Waals surface area contributed by atoms with Crippen molar-refractivity contribution in [3.8, 4) is 0 Å². The first-order chi connectivity index (χ1) is 15.6. The van der Waals surface area contributed by atoms with Gasteiger partial charge in [-0.15, -0.1) is 0 Å². The minimum absolute atomic E-state index is 0.0868. The van der Waals surface area contributed by atoms with E-state index in [0.717, 1.165) is 49.3 Å². The smallest absolute Gasteiger partial charge is 0.325 e. The molecule has 1 aromatic carbocycles. The zero-order valence-corrected chi connectivity index (χ0v) is 18.3. The number of rotatable bonds is 7. The molecule has 1 atom stereocenters. The Hall–Kier alpha value is -3.13. The van der Waals surface area contributed by atoms with Crippen LogP contribution in [-0.4, -0.2) is 71.2 Å². The zero-order valence-electron chi connectivity index (χ0n) is 18.3. The first-order valence-corrected chi connectivity index (χ1v) is 11.4. The molecule has 2 aliphatic heterocycles. The average Bonchev–Trinajstić information content (AvgIpc) is 2.82. The number of aromatic nitrogens is 1. The molecule has 3 N–H and O–H groups in total. The van der Waals surface area contributed by atoms with Crippen molar-refractivity contribution in [2.75, 3.05) is 44.6 Å². The molecule has 2 aliphatic rings. The molecule has 0 saturated carbocycles. The van der Waals surface area contributed by atoms with Gasteiger partial charge in [0.1, 0.15) is 11.9 Å². The van der Waals surface area contributed by atoms with Gasteiger partial charge in [0.2, 0.25) is 0 Å². The van der Waals surface area contributed by atoms with Gasteiger partial charge in [-0.25, -0.2) is 9.78 Å². The van der Waals surface area contributed by atoms with E-state index < -0.39 is 12.0 Å². The number of nitrogens with one attached hydrogen (secondary N) is 2. The van der Waals surface area contributed by atoms with Gasteiger partial charge in [0.05, 0.1) is 0 Å². The van der Waals surface area contributed by atoms with Crippen molar-refractivity contribution in [2.45, 2.75) is 31.7 Å². The van der Waals surface area contributed by atoms with Gasteiger partial charge in [-0.05, 0) is 42.9 Å². The highest BCUT2D eigenvalue weighted by atomic mass is 16.4. The molecule has 0 aliphatic carbocycles. The molecule has 170 valence electrons. The van der Waals surface area contributed by atoms with Gasteiger partial charge in [-0.3, -0.25) is 9.69 Å². The largest absolute Gasteiger partial charge is 0.480 e. The first kappa shape index (κ1) is 22.1. The molecule has 0 bridgehead atoms. The summed E-state index contributed by atoms with van der Waals surface area (Å²) < 4.78 is 0. The second kappa shape index (κ2) is 10.5. The van der Waals surface area contributed by atoms with E-state index in [1.807, 2.05) is 35.2 Å². The fourth-order valence-electron chi connectivity index (χ4n) is 4.41. The van der Waals surface area contributed by atoms with Gasteiger partial charge in [0.25, 0.3) is 0 Å². The number of nitrogens with zero attached hydrogens (tertiary/aromatic N) is 3. The fraction of sp³-hybridized carbons (Fsp3) is 0.458. The van der Waals surface area contributed by atoms with Crippen molar-refractivity contribution in [1.82, 2.24) is 20.1 Å². The van der Waals surface area contributed by atoms with Gasteiger partial charge in [-0.1, -0.05) is 36.4 Å². The number of carboxylic acids is 1. The Labute approximate surface area is 188 Å². The number of aliphatic carboxylic acids is 1. The lowest BCUT2D eigenvalue weighted by molar-refractivity contribution is -0.144. The van der Waals surface area contributed by atoms with E-state index in [-0.39, 0.29) is 6.03 Å². The van der Waals surface area contributed by atoms with Crippen molar-refractivity contribution >= 4 is 17.8 Å². The van der Waals surface area contributed by atoms with E-state index in [4.69, 9.17) is 4.98 Å². The molecule has 2 aromatic rings. The number of benzene rings is 1. The number of amides is 2. The summed E-state index contributed by atoms with van der Waals surface area (Å²) in [5.41, 5.74) is 3.09. The predicted molar refractivity (Wildman–Crippen MR) is 123 cm³/mol. The molecule has 0 spiro atoms. The Bertz CT molecular complexity index is 928. The monoisotopic (exact) mass is 437 g/mol. The number of fused-ring (bicyclic) bond motifs is 1. The van der Waals surface area contributed by atoms with Crippen molar-refractivity contribution in [3.05, 3.63) is 59.3 Å². The Morgan fingerprint density at radius 3 is 2.62 bits per heavy atom.